The molecular formula is C29H31F5N6O. The van der Waals surface area contributed by atoms with Gasteiger partial charge in [0.15, 0.2) is 0 Å². The van der Waals surface area contributed by atoms with Gasteiger partial charge in [-0.15, -0.1) is 10.2 Å². The molecular weight excluding hydrogens is 543 g/mol. The van der Waals surface area contributed by atoms with Crippen molar-refractivity contribution in [3.05, 3.63) is 76.4 Å². The summed E-state index contributed by atoms with van der Waals surface area (Å²) >= 11 is 0. The number of piperazine rings is 1. The zero-order valence-electron chi connectivity index (χ0n) is 22.8. The van der Waals surface area contributed by atoms with Crippen LogP contribution in [0.15, 0.2) is 42.7 Å². The summed E-state index contributed by atoms with van der Waals surface area (Å²) in [5.74, 6) is -2.81. The third-order valence-electron chi connectivity index (χ3n) is 8.53. The molecule has 1 N–H and O–H groups in total. The minimum absolute atomic E-state index is 0.0346. The number of carbonyl (C=O) groups excluding carboxylic acids is 1. The standard InChI is InChI=1S/C29H31F5N6O/c1-18-12-39(7-6-35-18)13-19-8-22-23(24(9-19)29(32,33)34)14-40(26(22)41)21-5-3-4-20(10-21)27(15-28(30,31)16-27)11-25-37-36-17-38(25)2/h3-5,8-10,17-18,35H,6-7,11-16H2,1-2H3/t18-/m1/s1. The minimum atomic E-state index is -4.63. The molecule has 2 fully saturated rings. The average molecular weight is 575 g/mol. The number of alkyl halides is 5. The molecule has 0 spiro atoms. The highest BCUT2D eigenvalue weighted by molar-refractivity contribution is 6.10. The Labute approximate surface area is 234 Å². The number of aromatic nitrogens is 3. The van der Waals surface area contributed by atoms with Crippen molar-refractivity contribution in [2.75, 3.05) is 24.5 Å². The van der Waals surface area contributed by atoms with Crippen LogP contribution in [-0.2, 0) is 38.1 Å². The highest BCUT2D eigenvalue weighted by atomic mass is 19.4. The van der Waals surface area contributed by atoms with E-state index in [9.17, 15) is 26.7 Å². The lowest BCUT2D eigenvalue weighted by molar-refractivity contribution is -0.138. The van der Waals surface area contributed by atoms with Crippen molar-refractivity contribution in [2.45, 2.75) is 62.8 Å². The van der Waals surface area contributed by atoms with Gasteiger partial charge in [0.05, 0.1) is 12.1 Å². The third-order valence-corrected chi connectivity index (χ3v) is 8.53. The Bertz CT molecular complexity index is 1480. The molecule has 12 heteroatoms. The molecule has 1 aliphatic carbocycles. The summed E-state index contributed by atoms with van der Waals surface area (Å²) in [7, 11) is 1.74. The number of anilines is 1. The highest BCUT2D eigenvalue weighted by Crippen LogP contribution is 2.55. The Morgan fingerprint density at radius 3 is 2.59 bits per heavy atom. The molecule has 1 saturated carbocycles. The van der Waals surface area contributed by atoms with E-state index in [0.29, 0.717) is 42.3 Å². The number of aryl methyl sites for hydroxylation is 1. The van der Waals surface area contributed by atoms with Crippen molar-refractivity contribution in [1.29, 1.82) is 0 Å². The number of amides is 1. The largest absolute Gasteiger partial charge is 0.416 e. The molecule has 3 aromatic rings. The first-order chi connectivity index (χ1) is 19.3. The fourth-order valence-electron chi connectivity index (χ4n) is 6.58. The van der Waals surface area contributed by atoms with E-state index < -0.39 is 41.8 Å². The first-order valence-electron chi connectivity index (χ1n) is 13.7. The van der Waals surface area contributed by atoms with Crippen LogP contribution in [0.3, 0.4) is 0 Å². The lowest BCUT2D eigenvalue weighted by Gasteiger charge is -2.48. The van der Waals surface area contributed by atoms with Crippen LogP contribution in [0.5, 0.6) is 0 Å². The maximum Gasteiger partial charge on any atom is 0.416 e. The second-order valence-electron chi connectivity index (χ2n) is 11.7. The van der Waals surface area contributed by atoms with Crippen LogP contribution >= 0.6 is 0 Å². The van der Waals surface area contributed by atoms with Crippen molar-refractivity contribution >= 4 is 11.6 Å². The average Bonchev–Trinajstić information content (AvgIpc) is 3.44. The van der Waals surface area contributed by atoms with Crippen LogP contribution in [0.4, 0.5) is 27.6 Å². The van der Waals surface area contributed by atoms with Crippen LogP contribution in [0.2, 0.25) is 0 Å². The molecule has 1 aromatic heterocycles. The van der Waals surface area contributed by atoms with Gasteiger partial charge >= 0.3 is 6.18 Å². The number of carbonyl (C=O) groups is 1. The summed E-state index contributed by atoms with van der Waals surface area (Å²) in [6.45, 7) is 4.22. The van der Waals surface area contributed by atoms with Crippen molar-refractivity contribution in [2.24, 2.45) is 7.05 Å². The van der Waals surface area contributed by atoms with Crippen LogP contribution in [-0.4, -0.2) is 57.2 Å². The van der Waals surface area contributed by atoms with E-state index in [0.717, 1.165) is 12.6 Å². The Kier molecular flexibility index (Phi) is 6.68. The van der Waals surface area contributed by atoms with Crippen molar-refractivity contribution in [3.63, 3.8) is 0 Å². The molecule has 218 valence electrons. The number of hydrogen-bond acceptors (Lipinski definition) is 5. The van der Waals surface area contributed by atoms with Gasteiger partial charge in [0.1, 0.15) is 12.2 Å². The number of halogens is 5. The fourth-order valence-corrected chi connectivity index (χ4v) is 6.58. The van der Waals surface area contributed by atoms with Crippen molar-refractivity contribution in [1.82, 2.24) is 25.0 Å². The summed E-state index contributed by atoms with van der Waals surface area (Å²) in [4.78, 5) is 17.0. The zero-order chi connectivity index (χ0) is 29.2. The van der Waals surface area contributed by atoms with Gasteiger partial charge in [0.25, 0.3) is 5.91 Å². The van der Waals surface area contributed by atoms with Gasteiger partial charge in [-0.1, -0.05) is 12.1 Å². The molecule has 3 heterocycles. The van der Waals surface area contributed by atoms with Gasteiger partial charge < -0.3 is 14.8 Å². The van der Waals surface area contributed by atoms with E-state index in [2.05, 4.69) is 20.4 Å². The lowest BCUT2D eigenvalue weighted by atomic mass is 9.60. The van der Waals surface area contributed by atoms with Crippen LogP contribution in [0.1, 0.15) is 58.2 Å². The molecule has 0 bridgehead atoms. The second kappa shape index (κ2) is 9.87. The summed E-state index contributed by atoms with van der Waals surface area (Å²) in [6.07, 6.45) is -3.69. The van der Waals surface area contributed by atoms with Gasteiger partial charge in [-0.25, -0.2) is 8.78 Å². The van der Waals surface area contributed by atoms with Gasteiger partial charge in [0.2, 0.25) is 5.92 Å². The normalized spacial score (nSPS) is 22.1. The molecule has 2 aliphatic heterocycles. The second-order valence-corrected chi connectivity index (χ2v) is 11.7. The Hall–Kier alpha value is -3.38. The van der Waals surface area contributed by atoms with Gasteiger partial charge in [0, 0.05) is 75.2 Å². The fraction of sp³-hybridized carbons (Fsp3) is 0.483. The Morgan fingerprint density at radius 1 is 1.15 bits per heavy atom. The van der Waals surface area contributed by atoms with E-state index >= 15 is 0 Å². The predicted molar refractivity (Wildman–Crippen MR) is 142 cm³/mol. The smallest absolute Gasteiger partial charge is 0.321 e. The lowest BCUT2D eigenvalue weighted by Crippen LogP contribution is -2.51. The minimum Gasteiger partial charge on any atom is -0.321 e. The van der Waals surface area contributed by atoms with E-state index in [4.69, 9.17) is 0 Å². The Morgan fingerprint density at radius 2 is 1.93 bits per heavy atom. The monoisotopic (exact) mass is 574 g/mol. The summed E-state index contributed by atoms with van der Waals surface area (Å²) in [5.41, 5.74) is -0.354. The maximum atomic E-state index is 14.3. The van der Waals surface area contributed by atoms with E-state index in [1.807, 2.05) is 6.92 Å². The number of nitrogens with one attached hydrogen (secondary N) is 1. The number of fused-ring (bicyclic) bond motifs is 1. The molecule has 41 heavy (non-hydrogen) atoms. The molecule has 3 aliphatic rings. The molecule has 0 radical (unpaired) electrons. The SMILES string of the molecule is C[C@@H]1CN(Cc2cc3c(c(C(F)(F)F)c2)CN(c2cccc(C4(Cc5nncn5C)CC(F)(F)C4)c2)C3=O)CCN1. The van der Waals surface area contributed by atoms with E-state index in [1.54, 1.807) is 41.9 Å². The molecule has 1 saturated heterocycles. The number of benzene rings is 2. The van der Waals surface area contributed by atoms with Crippen LogP contribution in [0.25, 0.3) is 0 Å². The van der Waals surface area contributed by atoms with Crippen LogP contribution < -0.4 is 10.2 Å². The third kappa shape index (κ3) is 5.23. The maximum absolute atomic E-state index is 14.3. The van der Waals surface area contributed by atoms with E-state index in [1.165, 1.54) is 11.2 Å². The first-order valence-corrected chi connectivity index (χ1v) is 13.7. The quantitative estimate of drug-likeness (QED) is 0.433. The molecule has 1 amide bonds. The molecule has 1 atom stereocenters. The summed E-state index contributed by atoms with van der Waals surface area (Å²) in [6, 6.07) is 9.64. The number of hydrogen-bond donors (Lipinski definition) is 1. The Balaban J connectivity index is 1.32. The van der Waals surface area contributed by atoms with Gasteiger partial charge in [-0.05, 0) is 47.9 Å². The van der Waals surface area contributed by atoms with E-state index in [-0.39, 0.29) is 30.1 Å². The highest BCUT2D eigenvalue weighted by Gasteiger charge is 2.57. The number of rotatable bonds is 6. The van der Waals surface area contributed by atoms with Crippen LogP contribution in [0, 0.1) is 0 Å². The molecule has 7 nitrogen and oxygen atoms in total. The first kappa shape index (κ1) is 27.8. The molecule has 6 rings (SSSR count). The predicted octanol–water partition coefficient (Wildman–Crippen LogP) is 4.70. The van der Waals surface area contributed by atoms with Gasteiger partial charge in [-0.2, -0.15) is 13.2 Å². The summed E-state index contributed by atoms with van der Waals surface area (Å²) in [5, 5.41) is 11.2. The molecule has 0 unspecified atom stereocenters. The summed E-state index contributed by atoms with van der Waals surface area (Å²) < 4.78 is 72.9. The number of nitrogens with zero attached hydrogens (tertiary/aromatic N) is 5. The van der Waals surface area contributed by atoms with Crippen molar-refractivity contribution < 1.29 is 26.7 Å². The van der Waals surface area contributed by atoms with Gasteiger partial charge in [-0.3, -0.25) is 9.69 Å². The zero-order valence-corrected chi connectivity index (χ0v) is 22.8. The topological polar surface area (TPSA) is 66.3 Å². The molecule has 2 aromatic carbocycles. The van der Waals surface area contributed by atoms with Crippen molar-refractivity contribution in [3.8, 4) is 0 Å².